The van der Waals surface area contributed by atoms with E-state index in [0.717, 1.165) is 31.5 Å². The summed E-state index contributed by atoms with van der Waals surface area (Å²) in [5, 5.41) is 3.31. The molecular formula is C17H23NO2. The zero-order chi connectivity index (χ0) is 13.9. The van der Waals surface area contributed by atoms with E-state index in [1.54, 1.807) is 0 Å². The minimum Gasteiger partial charge on any atom is -0.458 e. The number of anilines is 1. The van der Waals surface area contributed by atoms with E-state index in [0.29, 0.717) is 11.5 Å². The molecule has 1 saturated carbocycles. The van der Waals surface area contributed by atoms with E-state index in [1.165, 1.54) is 24.8 Å². The van der Waals surface area contributed by atoms with Gasteiger partial charge in [-0.2, -0.15) is 0 Å². The lowest BCUT2D eigenvalue weighted by Crippen LogP contribution is -2.29. The van der Waals surface area contributed by atoms with Gasteiger partial charge in [-0.1, -0.05) is 19.4 Å². The molecule has 1 aromatic rings. The fraction of sp³-hybridized carbons (Fsp3) is 0.588. The first kappa shape index (κ1) is 13.5. The highest BCUT2D eigenvalue weighted by atomic mass is 16.5. The van der Waals surface area contributed by atoms with Crippen molar-refractivity contribution in [1.29, 1.82) is 0 Å². The zero-order valence-electron chi connectivity index (χ0n) is 12.2. The van der Waals surface area contributed by atoms with Crippen molar-refractivity contribution < 1.29 is 9.53 Å². The lowest BCUT2D eigenvalue weighted by atomic mass is 9.85. The number of hydrogen-bond donors (Lipinski definition) is 1. The second-order valence-corrected chi connectivity index (χ2v) is 5.95. The summed E-state index contributed by atoms with van der Waals surface area (Å²) in [6.45, 7) is 3.16. The van der Waals surface area contributed by atoms with Crippen LogP contribution in [-0.2, 0) is 11.2 Å². The van der Waals surface area contributed by atoms with Crippen LogP contribution < -0.4 is 5.32 Å². The summed E-state index contributed by atoms with van der Waals surface area (Å²) in [5.41, 5.74) is 3.07. The van der Waals surface area contributed by atoms with Crippen LogP contribution in [0.1, 0.15) is 54.9 Å². The molecule has 2 aliphatic rings. The second-order valence-electron chi connectivity index (χ2n) is 5.95. The van der Waals surface area contributed by atoms with Gasteiger partial charge in [-0.3, -0.25) is 0 Å². The molecule has 1 aliphatic heterocycles. The van der Waals surface area contributed by atoms with E-state index >= 15 is 0 Å². The van der Waals surface area contributed by atoms with Crippen molar-refractivity contribution >= 4 is 11.7 Å². The van der Waals surface area contributed by atoms with E-state index in [4.69, 9.17) is 4.74 Å². The first-order valence-electron chi connectivity index (χ1n) is 7.85. The second kappa shape index (κ2) is 5.86. The predicted octanol–water partition coefficient (Wildman–Crippen LogP) is 3.78. The summed E-state index contributed by atoms with van der Waals surface area (Å²) in [7, 11) is 0. The van der Waals surface area contributed by atoms with Crippen LogP contribution >= 0.6 is 0 Å². The fourth-order valence-corrected chi connectivity index (χ4v) is 3.42. The van der Waals surface area contributed by atoms with Gasteiger partial charge in [0.25, 0.3) is 0 Å². The number of hydrogen-bond acceptors (Lipinski definition) is 3. The number of benzene rings is 1. The van der Waals surface area contributed by atoms with Gasteiger partial charge in [-0.05, 0) is 55.7 Å². The summed E-state index contributed by atoms with van der Waals surface area (Å²) >= 11 is 0. The number of nitrogens with one attached hydrogen (secondary N) is 1. The van der Waals surface area contributed by atoms with Crippen molar-refractivity contribution in [3.63, 3.8) is 0 Å². The van der Waals surface area contributed by atoms with Crippen LogP contribution in [0.4, 0.5) is 5.69 Å². The Labute approximate surface area is 120 Å². The van der Waals surface area contributed by atoms with E-state index in [9.17, 15) is 4.79 Å². The molecule has 1 aromatic carbocycles. The molecule has 0 aromatic heterocycles. The molecule has 3 rings (SSSR count). The molecule has 3 heteroatoms. The smallest absolute Gasteiger partial charge is 0.338 e. The minimum absolute atomic E-state index is 0.113. The van der Waals surface area contributed by atoms with Crippen LogP contribution in [0.25, 0.3) is 0 Å². The highest BCUT2D eigenvalue weighted by Gasteiger charge is 2.27. The van der Waals surface area contributed by atoms with Crippen LogP contribution in [-0.4, -0.2) is 18.6 Å². The molecule has 20 heavy (non-hydrogen) atoms. The SMILES string of the molecule is CCC1CCCCC1OC(=O)c1ccc2c(c1)NCC2. The largest absolute Gasteiger partial charge is 0.458 e. The maximum atomic E-state index is 12.3. The average molecular weight is 273 g/mol. The van der Waals surface area contributed by atoms with Crippen molar-refractivity contribution in [3.05, 3.63) is 29.3 Å². The van der Waals surface area contributed by atoms with Gasteiger partial charge in [0.2, 0.25) is 0 Å². The fourth-order valence-electron chi connectivity index (χ4n) is 3.42. The number of fused-ring (bicyclic) bond motifs is 1. The molecule has 0 saturated heterocycles. The van der Waals surface area contributed by atoms with Crippen molar-refractivity contribution in [1.82, 2.24) is 0 Å². The Morgan fingerprint density at radius 2 is 2.20 bits per heavy atom. The Morgan fingerprint density at radius 3 is 3.05 bits per heavy atom. The Morgan fingerprint density at radius 1 is 1.35 bits per heavy atom. The van der Waals surface area contributed by atoms with Crippen molar-refractivity contribution in [3.8, 4) is 0 Å². The Bertz CT molecular complexity index is 498. The third-order valence-corrected chi connectivity index (χ3v) is 4.68. The molecule has 3 nitrogen and oxygen atoms in total. The van der Waals surface area contributed by atoms with Gasteiger partial charge in [0.1, 0.15) is 6.10 Å². The van der Waals surface area contributed by atoms with Gasteiger partial charge < -0.3 is 10.1 Å². The normalized spacial score (nSPS) is 24.9. The lowest BCUT2D eigenvalue weighted by Gasteiger charge is -2.30. The van der Waals surface area contributed by atoms with Gasteiger partial charge in [0.05, 0.1) is 5.56 Å². The van der Waals surface area contributed by atoms with Crippen LogP contribution in [0, 0.1) is 5.92 Å². The highest BCUT2D eigenvalue weighted by Crippen LogP contribution is 2.30. The molecule has 0 radical (unpaired) electrons. The van der Waals surface area contributed by atoms with E-state index < -0.39 is 0 Å². The Kier molecular flexibility index (Phi) is 3.95. The van der Waals surface area contributed by atoms with Crippen LogP contribution in [0.5, 0.6) is 0 Å². The highest BCUT2D eigenvalue weighted by molar-refractivity contribution is 5.91. The first-order valence-corrected chi connectivity index (χ1v) is 7.85. The minimum atomic E-state index is -0.160. The predicted molar refractivity (Wildman–Crippen MR) is 80.1 cm³/mol. The molecule has 2 unspecified atom stereocenters. The third kappa shape index (κ3) is 2.67. The summed E-state index contributed by atoms with van der Waals surface area (Å²) < 4.78 is 5.77. The average Bonchev–Trinajstić information content (AvgIpc) is 2.95. The van der Waals surface area contributed by atoms with Gasteiger partial charge in [0.15, 0.2) is 0 Å². The zero-order valence-corrected chi connectivity index (χ0v) is 12.2. The van der Waals surface area contributed by atoms with Gasteiger partial charge in [-0.15, -0.1) is 0 Å². The number of carbonyl (C=O) groups excluding carboxylic acids is 1. The summed E-state index contributed by atoms with van der Waals surface area (Å²) in [6.07, 6.45) is 6.93. The van der Waals surface area contributed by atoms with Crippen LogP contribution in [0.3, 0.4) is 0 Å². The maximum absolute atomic E-state index is 12.3. The Hall–Kier alpha value is -1.51. The molecule has 1 fully saturated rings. The number of carbonyl (C=O) groups is 1. The summed E-state index contributed by atoms with van der Waals surface area (Å²) in [4.78, 5) is 12.3. The summed E-state index contributed by atoms with van der Waals surface area (Å²) in [6, 6.07) is 5.89. The Balaban J connectivity index is 1.69. The van der Waals surface area contributed by atoms with Crippen molar-refractivity contribution in [2.75, 3.05) is 11.9 Å². The molecule has 108 valence electrons. The van der Waals surface area contributed by atoms with Crippen LogP contribution in [0.2, 0.25) is 0 Å². The van der Waals surface area contributed by atoms with Gasteiger partial charge in [-0.25, -0.2) is 4.79 Å². The van der Waals surface area contributed by atoms with E-state index in [1.807, 2.05) is 18.2 Å². The monoisotopic (exact) mass is 273 g/mol. The molecule has 0 spiro atoms. The molecule has 2 atom stereocenters. The first-order chi connectivity index (χ1) is 9.78. The number of esters is 1. The quantitative estimate of drug-likeness (QED) is 0.852. The van der Waals surface area contributed by atoms with Crippen LogP contribution in [0.15, 0.2) is 18.2 Å². The standard InChI is InChI=1S/C17H23NO2/c1-2-12-5-3-4-6-16(12)20-17(19)14-8-7-13-9-10-18-15(13)11-14/h7-8,11-12,16,18H,2-6,9-10H2,1H3. The lowest BCUT2D eigenvalue weighted by molar-refractivity contribution is 0.000716. The van der Waals surface area contributed by atoms with Gasteiger partial charge in [0, 0.05) is 12.2 Å². The van der Waals surface area contributed by atoms with Crippen molar-refractivity contribution in [2.45, 2.75) is 51.6 Å². The van der Waals surface area contributed by atoms with E-state index in [2.05, 4.69) is 12.2 Å². The molecule has 1 N–H and O–H groups in total. The number of rotatable bonds is 3. The van der Waals surface area contributed by atoms with Crippen molar-refractivity contribution in [2.24, 2.45) is 5.92 Å². The molecule has 0 bridgehead atoms. The maximum Gasteiger partial charge on any atom is 0.338 e. The number of ether oxygens (including phenoxy) is 1. The molecule has 1 aliphatic carbocycles. The molecular weight excluding hydrogens is 250 g/mol. The summed E-state index contributed by atoms with van der Waals surface area (Å²) in [5.74, 6) is 0.382. The molecule has 1 heterocycles. The molecule has 0 amide bonds. The third-order valence-electron chi connectivity index (χ3n) is 4.68. The van der Waals surface area contributed by atoms with E-state index in [-0.39, 0.29) is 12.1 Å². The van der Waals surface area contributed by atoms with Gasteiger partial charge >= 0.3 is 5.97 Å². The topological polar surface area (TPSA) is 38.3 Å².